The fourth-order valence-electron chi connectivity index (χ4n) is 4.14. The molecule has 0 aliphatic carbocycles. The smallest absolute Gasteiger partial charge is 0.144 e. The van der Waals surface area contributed by atoms with Gasteiger partial charge in [0.15, 0.2) is 0 Å². The van der Waals surface area contributed by atoms with E-state index in [1.807, 2.05) is 57.2 Å². The summed E-state index contributed by atoms with van der Waals surface area (Å²) in [4.78, 5) is 4.64. The second kappa shape index (κ2) is 8.04. The van der Waals surface area contributed by atoms with Crippen molar-refractivity contribution in [2.75, 3.05) is 0 Å². The molecule has 33 heavy (non-hydrogen) atoms. The molecule has 0 aliphatic rings. The summed E-state index contributed by atoms with van der Waals surface area (Å²) in [5.74, 6) is 0. The topological polar surface area (TPSA) is 26.0 Å². The van der Waals surface area contributed by atoms with Gasteiger partial charge in [-0.2, -0.15) is 0 Å². The lowest BCUT2D eigenvalue weighted by Crippen LogP contribution is -2.09. The van der Waals surface area contributed by atoms with Gasteiger partial charge in [-0.25, -0.2) is 0 Å². The minimum atomic E-state index is -1.69. The summed E-state index contributed by atoms with van der Waals surface area (Å²) >= 11 is 6.19. The summed E-state index contributed by atoms with van der Waals surface area (Å²) in [6, 6.07) is 16.6. The van der Waals surface area contributed by atoms with E-state index in [1.165, 1.54) is 0 Å². The number of aromatic nitrogens is 1. The number of pyridine rings is 1. The first-order chi connectivity index (χ1) is 18.0. The third-order valence-corrected chi connectivity index (χ3v) is 5.77. The number of para-hydroxylation sites is 1. The Morgan fingerprint density at radius 2 is 1.82 bits per heavy atom. The van der Waals surface area contributed by atoms with Gasteiger partial charge in [-0.3, -0.25) is 4.98 Å². The van der Waals surface area contributed by atoms with Crippen molar-refractivity contribution < 1.29 is 11.3 Å². The molecule has 2 aromatic heterocycles. The van der Waals surface area contributed by atoms with Crippen LogP contribution in [0.15, 0.2) is 71.3 Å². The highest BCUT2D eigenvalue weighted by Gasteiger charge is 2.16. The van der Waals surface area contributed by atoms with Crippen LogP contribution >= 0.6 is 11.6 Å². The van der Waals surface area contributed by atoms with E-state index in [1.54, 1.807) is 24.4 Å². The predicted molar refractivity (Wildman–Crippen MR) is 140 cm³/mol. The fourth-order valence-corrected chi connectivity index (χ4v) is 4.30. The Balaban J connectivity index is 1.72. The Labute approximate surface area is 207 Å². The Hall–Kier alpha value is -3.10. The second-order valence-electron chi connectivity index (χ2n) is 9.32. The molecule has 0 fully saturated rings. The summed E-state index contributed by atoms with van der Waals surface area (Å²) < 4.78 is 48.8. The molecule has 5 aromatic rings. The first kappa shape index (κ1) is 16.5. The van der Waals surface area contributed by atoms with Crippen molar-refractivity contribution in [3.05, 3.63) is 88.5 Å². The largest absolute Gasteiger partial charge is 0.455 e. The molecule has 3 heteroatoms. The number of hydrogen-bond acceptors (Lipinski definition) is 2. The lowest BCUT2D eigenvalue weighted by Gasteiger charge is -2.19. The Morgan fingerprint density at radius 1 is 0.970 bits per heavy atom. The molecule has 0 bridgehead atoms. The minimum Gasteiger partial charge on any atom is -0.455 e. The molecule has 3 aromatic carbocycles. The van der Waals surface area contributed by atoms with Crippen molar-refractivity contribution >= 4 is 33.5 Å². The molecular formula is C30H28ClNO. The predicted octanol–water partition coefficient (Wildman–Crippen LogP) is 9.17. The van der Waals surface area contributed by atoms with Crippen molar-refractivity contribution in [3.63, 3.8) is 0 Å². The van der Waals surface area contributed by atoms with Gasteiger partial charge in [-0.1, -0.05) is 62.7 Å². The molecule has 0 saturated heterocycles. The van der Waals surface area contributed by atoms with Gasteiger partial charge in [-0.05, 0) is 77.7 Å². The monoisotopic (exact) mass is 458 g/mol. The maximum Gasteiger partial charge on any atom is 0.144 e. The highest BCUT2D eigenvalue weighted by atomic mass is 35.5. The number of hydrogen-bond donors (Lipinski definition) is 0. The van der Waals surface area contributed by atoms with E-state index in [2.05, 4.69) is 4.98 Å². The summed E-state index contributed by atoms with van der Waals surface area (Å²) in [7, 11) is 0. The summed E-state index contributed by atoms with van der Waals surface area (Å²) in [6.07, 6.45) is -0.0434. The molecular weight excluding hydrogens is 426 g/mol. The van der Waals surface area contributed by atoms with E-state index < -0.39 is 11.8 Å². The molecule has 0 spiro atoms. The van der Waals surface area contributed by atoms with Crippen LogP contribution in [0, 0.1) is 19.2 Å². The number of nitrogens with zero attached hydrogens (tertiary/aromatic N) is 1. The van der Waals surface area contributed by atoms with Crippen LogP contribution in [0.5, 0.6) is 0 Å². The van der Waals surface area contributed by atoms with Gasteiger partial charge in [0, 0.05) is 39.1 Å². The zero-order valence-electron chi connectivity index (χ0n) is 23.9. The Bertz CT molecular complexity index is 1690. The molecule has 166 valence electrons. The van der Waals surface area contributed by atoms with Gasteiger partial charge in [0.2, 0.25) is 0 Å². The van der Waals surface area contributed by atoms with Crippen LogP contribution in [0.25, 0.3) is 44.3 Å². The Kier molecular flexibility index (Phi) is 4.02. The van der Waals surface area contributed by atoms with Crippen LogP contribution in [-0.4, -0.2) is 4.98 Å². The lowest BCUT2D eigenvalue weighted by atomic mass is 9.86. The fraction of sp³-hybridized carbons (Fsp3) is 0.233. The first-order valence-corrected chi connectivity index (χ1v) is 11.2. The van der Waals surface area contributed by atoms with Crippen LogP contribution in [0.3, 0.4) is 0 Å². The van der Waals surface area contributed by atoms with Crippen molar-refractivity contribution in [1.82, 2.24) is 4.98 Å². The van der Waals surface area contributed by atoms with Gasteiger partial charge in [0.25, 0.3) is 0 Å². The molecule has 2 heterocycles. The molecule has 0 aliphatic heterocycles. The number of rotatable bonds is 3. The van der Waals surface area contributed by atoms with Crippen molar-refractivity contribution in [2.45, 2.75) is 40.9 Å². The highest BCUT2D eigenvalue weighted by molar-refractivity contribution is 6.31. The van der Waals surface area contributed by atoms with Gasteiger partial charge in [0.1, 0.15) is 11.2 Å². The summed E-state index contributed by atoms with van der Waals surface area (Å²) in [6.45, 7) is 5.31. The average molecular weight is 459 g/mol. The van der Waals surface area contributed by atoms with Gasteiger partial charge in [0.05, 0.1) is 7.06 Å². The van der Waals surface area contributed by atoms with Crippen molar-refractivity contribution in [2.24, 2.45) is 5.41 Å². The van der Waals surface area contributed by atoms with Gasteiger partial charge >= 0.3 is 0 Å². The Morgan fingerprint density at radius 3 is 2.61 bits per heavy atom. The maximum absolute atomic E-state index is 8.89. The summed E-state index contributed by atoms with van der Waals surface area (Å²) in [5, 5.41) is 2.47. The highest BCUT2D eigenvalue weighted by Crippen LogP contribution is 2.38. The van der Waals surface area contributed by atoms with E-state index >= 15 is 0 Å². The van der Waals surface area contributed by atoms with Crippen LogP contribution in [-0.2, 0) is 6.37 Å². The quantitative estimate of drug-likeness (QED) is 0.269. The molecule has 5 rings (SSSR count). The minimum absolute atomic E-state index is 0.0442. The molecule has 0 atom stereocenters. The van der Waals surface area contributed by atoms with Crippen molar-refractivity contribution in [3.8, 4) is 22.4 Å². The molecule has 0 radical (unpaired) electrons. The second-order valence-corrected chi connectivity index (χ2v) is 9.75. The van der Waals surface area contributed by atoms with E-state index in [0.717, 1.165) is 16.3 Å². The first-order valence-electron chi connectivity index (χ1n) is 13.7. The number of halogens is 1. The van der Waals surface area contributed by atoms with E-state index in [0.29, 0.717) is 49.7 Å². The van der Waals surface area contributed by atoms with E-state index in [-0.39, 0.29) is 19.8 Å². The lowest BCUT2D eigenvalue weighted by molar-refractivity contribution is 0.411. The van der Waals surface area contributed by atoms with Gasteiger partial charge < -0.3 is 4.42 Å². The number of benzene rings is 3. The van der Waals surface area contributed by atoms with E-state index in [9.17, 15) is 0 Å². The zero-order chi connectivity index (χ0) is 27.4. The number of aryl methyl sites for hydroxylation is 2. The zero-order valence-corrected chi connectivity index (χ0v) is 19.7. The van der Waals surface area contributed by atoms with Crippen molar-refractivity contribution in [1.29, 1.82) is 0 Å². The van der Waals surface area contributed by atoms with Crippen LogP contribution < -0.4 is 0 Å². The average Bonchev–Trinajstić information content (AvgIpc) is 3.24. The maximum atomic E-state index is 8.89. The normalized spacial score (nSPS) is 14.6. The van der Waals surface area contributed by atoms with E-state index in [4.69, 9.17) is 22.9 Å². The molecule has 0 N–H and O–H groups in total. The van der Waals surface area contributed by atoms with Crippen LogP contribution in [0.4, 0.5) is 0 Å². The molecule has 0 unspecified atom stereocenters. The number of fused-ring (bicyclic) bond motifs is 3. The molecule has 0 saturated carbocycles. The summed E-state index contributed by atoms with van der Waals surface area (Å²) in [5.41, 5.74) is 4.79. The molecule has 0 amide bonds. The van der Waals surface area contributed by atoms with Crippen LogP contribution in [0.2, 0.25) is 5.02 Å². The standard InChI is InChI=1S/C30H28ClNO/c1-18-13-20(16-30(3,4)5)9-11-22(18)26-15-27(32-17-19(26)2)25-8-6-7-24-23-12-10-21(31)14-28(23)33-29(24)25/h6-15,17H,16H2,1-5H3/i1D,2D,11D,16D2. The third-order valence-electron chi connectivity index (χ3n) is 5.53. The van der Waals surface area contributed by atoms with Crippen LogP contribution in [0.1, 0.15) is 44.3 Å². The van der Waals surface area contributed by atoms with Gasteiger partial charge in [-0.15, -0.1) is 0 Å². The third kappa shape index (κ3) is 4.16. The number of furan rings is 1. The SMILES string of the molecule is [2H]Cc1cnc(-c2cccc3c2oc2cc(Cl)ccc23)cc1-c1c([2H])cc(C([2H])([2H])C(C)(C)C)cc1C[2H]. The molecule has 2 nitrogen and oxygen atoms in total.